The second-order valence-electron chi connectivity index (χ2n) is 3.42. The van der Waals surface area contributed by atoms with E-state index in [9.17, 15) is 4.21 Å². The minimum absolute atomic E-state index is 0.652. The molecule has 0 atom stereocenters. The highest BCUT2D eigenvalue weighted by atomic mass is 32.2. The van der Waals surface area contributed by atoms with Crippen LogP contribution in [0.2, 0.25) is 0 Å². The Bertz CT molecular complexity index is 352. The molecule has 78 valence electrons. The van der Waals surface area contributed by atoms with E-state index in [1.54, 1.807) is 10.9 Å². The van der Waals surface area contributed by atoms with Gasteiger partial charge in [0.05, 0.1) is 5.69 Å². The Hall–Kier alpha value is -1.04. The number of hydrogen-bond donors (Lipinski definition) is 1. The number of rotatable bonds is 1. The minimum Gasteiger partial charge on any atom is -0.394 e. The van der Waals surface area contributed by atoms with Gasteiger partial charge in [-0.15, -0.1) is 0 Å². The van der Waals surface area contributed by atoms with E-state index in [-0.39, 0.29) is 0 Å². The van der Waals surface area contributed by atoms with Crippen LogP contribution in [0, 0.1) is 0 Å². The van der Waals surface area contributed by atoms with Crippen LogP contribution in [0.15, 0.2) is 6.20 Å². The van der Waals surface area contributed by atoms with Crippen molar-refractivity contribution in [2.45, 2.75) is 0 Å². The lowest BCUT2D eigenvalue weighted by Gasteiger charge is -2.26. The summed E-state index contributed by atoms with van der Waals surface area (Å²) < 4.78 is 12.9. The quantitative estimate of drug-likeness (QED) is 0.689. The van der Waals surface area contributed by atoms with E-state index in [2.05, 4.69) is 10.00 Å². The van der Waals surface area contributed by atoms with Crippen LogP contribution in [0.3, 0.4) is 0 Å². The summed E-state index contributed by atoms with van der Waals surface area (Å²) in [6, 6.07) is 0. The molecule has 1 aromatic rings. The lowest BCUT2D eigenvalue weighted by atomic mass is 10.4. The number of aromatic nitrogens is 2. The smallest absolute Gasteiger partial charge is 0.173 e. The number of nitrogens with two attached hydrogens (primary N) is 1. The van der Waals surface area contributed by atoms with Crippen LogP contribution >= 0.6 is 0 Å². The van der Waals surface area contributed by atoms with Crippen molar-refractivity contribution in [3.8, 4) is 0 Å². The summed E-state index contributed by atoms with van der Waals surface area (Å²) in [6.07, 6.45) is 1.79. The highest BCUT2D eigenvalue weighted by molar-refractivity contribution is 7.85. The van der Waals surface area contributed by atoms with Crippen LogP contribution < -0.4 is 10.6 Å². The zero-order valence-corrected chi connectivity index (χ0v) is 8.96. The Balaban J connectivity index is 2.15. The molecular formula is C8H14N4OS. The summed E-state index contributed by atoms with van der Waals surface area (Å²) in [5, 5.41) is 4.28. The van der Waals surface area contributed by atoms with Gasteiger partial charge >= 0.3 is 0 Å². The van der Waals surface area contributed by atoms with Crippen LogP contribution in [0.25, 0.3) is 0 Å². The van der Waals surface area contributed by atoms with Crippen molar-refractivity contribution < 1.29 is 4.21 Å². The molecule has 1 saturated heterocycles. The van der Waals surface area contributed by atoms with Gasteiger partial charge in [-0.05, 0) is 0 Å². The molecule has 2 rings (SSSR count). The maximum atomic E-state index is 11.2. The fourth-order valence-corrected chi connectivity index (χ4v) is 2.64. The van der Waals surface area contributed by atoms with Crippen LogP contribution in [-0.2, 0) is 17.8 Å². The third-order valence-corrected chi connectivity index (χ3v) is 3.59. The highest BCUT2D eigenvalue weighted by Gasteiger charge is 2.19. The molecule has 6 heteroatoms. The maximum Gasteiger partial charge on any atom is 0.173 e. The zero-order valence-electron chi connectivity index (χ0n) is 8.14. The molecule has 0 aliphatic carbocycles. The summed E-state index contributed by atoms with van der Waals surface area (Å²) in [5.41, 5.74) is 6.50. The summed E-state index contributed by atoms with van der Waals surface area (Å²) in [5.74, 6) is 2.26. The van der Waals surface area contributed by atoms with Crippen LogP contribution in [-0.4, -0.2) is 38.6 Å². The average Bonchev–Trinajstić information content (AvgIpc) is 2.47. The summed E-state index contributed by atoms with van der Waals surface area (Å²) in [4.78, 5) is 2.09. The van der Waals surface area contributed by atoms with Crippen LogP contribution in [0.4, 0.5) is 11.5 Å². The van der Waals surface area contributed by atoms with E-state index in [0.717, 1.165) is 30.4 Å². The number of anilines is 2. The van der Waals surface area contributed by atoms with Gasteiger partial charge in [0.1, 0.15) is 0 Å². The first-order chi connectivity index (χ1) is 6.66. The topological polar surface area (TPSA) is 64.2 Å². The molecule has 1 aliphatic heterocycles. The van der Waals surface area contributed by atoms with Crippen molar-refractivity contribution >= 4 is 22.3 Å². The number of nitrogens with zero attached hydrogens (tertiary/aromatic N) is 3. The molecule has 0 amide bonds. The maximum absolute atomic E-state index is 11.2. The molecule has 0 unspecified atom stereocenters. The van der Waals surface area contributed by atoms with Crippen molar-refractivity contribution in [3.63, 3.8) is 0 Å². The Morgan fingerprint density at radius 2 is 2.14 bits per heavy atom. The van der Waals surface area contributed by atoms with E-state index < -0.39 is 10.8 Å². The second kappa shape index (κ2) is 3.61. The molecular weight excluding hydrogens is 200 g/mol. The number of aryl methyl sites for hydroxylation is 1. The van der Waals surface area contributed by atoms with E-state index >= 15 is 0 Å². The molecule has 0 radical (unpaired) electrons. The first-order valence-electron chi connectivity index (χ1n) is 4.56. The van der Waals surface area contributed by atoms with Gasteiger partial charge in [0.2, 0.25) is 0 Å². The average molecular weight is 214 g/mol. The van der Waals surface area contributed by atoms with Gasteiger partial charge in [-0.3, -0.25) is 8.89 Å². The van der Waals surface area contributed by atoms with Gasteiger partial charge in [-0.1, -0.05) is 0 Å². The molecule has 0 saturated carbocycles. The fraction of sp³-hybridized carbons (Fsp3) is 0.625. The minimum atomic E-state index is -0.652. The fourth-order valence-electron chi connectivity index (χ4n) is 1.59. The van der Waals surface area contributed by atoms with Gasteiger partial charge in [0, 0.05) is 48.6 Å². The Labute approximate surface area is 85.3 Å². The second-order valence-corrected chi connectivity index (χ2v) is 5.11. The molecule has 2 heterocycles. The number of nitrogen functional groups attached to an aromatic ring is 1. The van der Waals surface area contributed by atoms with Gasteiger partial charge in [0.15, 0.2) is 5.82 Å². The van der Waals surface area contributed by atoms with Crippen molar-refractivity contribution in [1.29, 1.82) is 0 Å². The van der Waals surface area contributed by atoms with Gasteiger partial charge in [0.25, 0.3) is 0 Å². The van der Waals surface area contributed by atoms with Crippen molar-refractivity contribution in [1.82, 2.24) is 9.78 Å². The van der Waals surface area contributed by atoms with Gasteiger partial charge in [-0.25, -0.2) is 0 Å². The summed E-state index contributed by atoms with van der Waals surface area (Å²) >= 11 is 0. The van der Waals surface area contributed by atoms with Crippen LogP contribution in [0.5, 0.6) is 0 Å². The van der Waals surface area contributed by atoms with Crippen molar-refractivity contribution in [2.24, 2.45) is 7.05 Å². The van der Waals surface area contributed by atoms with E-state index in [1.165, 1.54) is 0 Å². The highest BCUT2D eigenvalue weighted by Crippen LogP contribution is 2.21. The molecule has 2 N–H and O–H groups in total. The van der Waals surface area contributed by atoms with Crippen molar-refractivity contribution in [3.05, 3.63) is 6.20 Å². The summed E-state index contributed by atoms with van der Waals surface area (Å²) in [7, 11) is 1.20. The molecule has 5 nitrogen and oxygen atoms in total. The molecule has 1 fully saturated rings. The Kier molecular flexibility index (Phi) is 2.45. The third-order valence-electron chi connectivity index (χ3n) is 2.31. The molecule has 1 aliphatic rings. The predicted octanol–water partition coefficient (Wildman–Crippen LogP) is -0.429. The van der Waals surface area contributed by atoms with Crippen LogP contribution in [0.1, 0.15) is 0 Å². The van der Waals surface area contributed by atoms with Crippen molar-refractivity contribution in [2.75, 3.05) is 35.2 Å². The molecule has 14 heavy (non-hydrogen) atoms. The lowest BCUT2D eigenvalue weighted by Crippen LogP contribution is -2.38. The Morgan fingerprint density at radius 3 is 2.64 bits per heavy atom. The van der Waals surface area contributed by atoms with E-state index in [1.807, 2.05) is 7.05 Å². The molecule has 0 spiro atoms. The Morgan fingerprint density at radius 1 is 1.50 bits per heavy atom. The normalized spacial score (nSPS) is 18.8. The molecule has 0 bridgehead atoms. The predicted molar refractivity (Wildman–Crippen MR) is 57.7 cm³/mol. The van der Waals surface area contributed by atoms with E-state index in [0.29, 0.717) is 5.69 Å². The number of hydrogen-bond acceptors (Lipinski definition) is 4. The summed E-state index contributed by atoms with van der Waals surface area (Å²) in [6.45, 7) is 1.57. The molecule has 0 aromatic carbocycles. The third kappa shape index (κ3) is 1.75. The zero-order chi connectivity index (χ0) is 10.1. The van der Waals surface area contributed by atoms with E-state index in [4.69, 9.17) is 5.73 Å². The first-order valence-corrected chi connectivity index (χ1v) is 6.04. The standard InChI is InChI=1S/C8H14N4OS/c1-11-6-7(9)8(10-11)12-2-4-14(13)5-3-12/h6H,2-5,9H2,1H3. The van der Waals surface area contributed by atoms with Gasteiger partial charge in [-0.2, -0.15) is 5.10 Å². The van der Waals surface area contributed by atoms with Gasteiger partial charge < -0.3 is 10.6 Å². The monoisotopic (exact) mass is 214 g/mol. The lowest BCUT2D eigenvalue weighted by molar-refractivity contribution is 0.670. The SMILES string of the molecule is Cn1cc(N)c(N2CCS(=O)CC2)n1. The largest absolute Gasteiger partial charge is 0.394 e. The first kappa shape index (κ1) is 9.51. The molecule has 1 aromatic heterocycles.